The Morgan fingerprint density at radius 3 is 2.70 bits per heavy atom. The second kappa shape index (κ2) is 7.65. The summed E-state index contributed by atoms with van der Waals surface area (Å²) in [5, 5.41) is 0. The van der Waals surface area contributed by atoms with Crippen LogP contribution in [0.4, 0.5) is 0 Å². The number of likely N-dealkylation sites (tertiary alicyclic amines) is 1. The highest BCUT2D eigenvalue weighted by Gasteiger charge is 2.17. The topological polar surface area (TPSA) is 38.5 Å². The average molecular weight is 276 g/mol. The van der Waals surface area contributed by atoms with Gasteiger partial charge < -0.3 is 10.5 Å². The van der Waals surface area contributed by atoms with Crippen molar-refractivity contribution in [2.45, 2.75) is 39.2 Å². The molecule has 0 atom stereocenters. The van der Waals surface area contributed by atoms with Gasteiger partial charge in [-0.05, 0) is 62.9 Å². The minimum atomic E-state index is 0.755. The van der Waals surface area contributed by atoms with Crippen LogP contribution in [-0.4, -0.2) is 31.6 Å². The Morgan fingerprint density at radius 1 is 1.30 bits per heavy atom. The maximum absolute atomic E-state index is 5.60. The maximum atomic E-state index is 5.60. The van der Waals surface area contributed by atoms with Crippen molar-refractivity contribution in [3.05, 3.63) is 29.3 Å². The molecule has 0 amide bonds. The van der Waals surface area contributed by atoms with Gasteiger partial charge in [-0.1, -0.05) is 19.1 Å². The summed E-state index contributed by atoms with van der Waals surface area (Å²) in [5.74, 6) is 1.89. The molecule has 112 valence electrons. The van der Waals surface area contributed by atoms with E-state index in [1.54, 1.807) is 7.11 Å². The molecule has 1 aliphatic rings. The Hall–Kier alpha value is -1.06. The van der Waals surface area contributed by atoms with Gasteiger partial charge in [-0.2, -0.15) is 0 Å². The Morgan fingerprint density at radius 2 is 2.05 bits per heavy atom. The number of methoxy groups -OCH3 is 1. The van der Waals surface area contributed by atoms with E-state index < -0.39 is 0 Å². The molecule has 0 saturated carbocycles. The van der Waals surface area contributed by atoms with Crippen molar-refractivity contribution in [3.63, 3.8) is 0 Å². The second-order valence-corrected chi connectivity index (χ2v) is 6.00. The van der Waals surface area contributed by atoms with Crippen LogP contribution in [-0.2, 0) is 13.0 Å². The van der Waals surface area contributed by atoms with Crippen LogP contribution >= 0.6 is 0 Å². The van der Waals surface area contributed by atoms with Crippen LogP contribution < -0.4 is 10.5 Å². The first kappa shape index (κ1) is 15.3. The molecule has 0 spiro atoms. The number of nitrogens with two attached hydrogens (primary N) is 1. The van der Waals surface area contributed by atoms with Gasteiger partial charge in [0.2, 0.25) is 0 Å². The molecule has 3 heteroatoms. The van der Waals surface area contributed by atoms with E-state index in [4.69, 9.17) is 10.5 Å². The standard InChI is InChI=1S/C17H28N2O/c1-14-7-10-19(11-8-14)13-16-12-15(4-3-9-18)5-6-17(16)20-2/h5-6,12,14H,3-4,7-11,13,18H2,1-2H3. The quantitative estimate of drug-likeness (QED) is 0.868. The molecule has 0 bridgehead atoms. The first-order valence-corrected chi connectivity index (χ1v) is 7.81. The van der Waals surface area contributed by atoms with Crippen LogP contribution in [0.25, 0.3) is 0 Å². The van der Waals surface area contributed by atoms with E-state index in [2.05, 4.69) is 30.0 Å². The molecule has 0 aliphatic carbocycles. The third-order valence-electron chi connectivity index (χ3n) is 4.28. The molecule has 3 nitrogen and oxygen atoms in total. The zero-order valence-electron chi connectivity index (χ0n) is 12.9. The first-order chi connectivity index (χ1) is 9.72. The van der Waals surface area contributed by atoms with Crippen molar-refractivity contribution in [2.24, 2.45) is 11.7 Å². The highest BCUT2D eigenvalue weighted by Crippen LogP contribution is 2.25. The van der Waals surface area contributed by atoms with Crippen molar-refractivity contribution in [3.8, 4) is 5.75 Å². The molecule has 1 aromatic rings. The van der Waals surface area contributed by atoms with Crippen molar-refractivity contribution in [1.82, 2.24) is 4.90 Å². The van der Waals surface area contributed by atoms with Gasteiger partial charge >= 0.3 is 0 Å². The predicted octanol–water partition coefficient (Wildman–Crippen LogP) is 2.82. The summed E-state index contributed by atoms with van der Waals surface area (Å²) in [6, 6.07) is 6.57. The number of ether oxygens (including phenoxy) is 1. The lowest BCUT2D eigenvalue weighted by Crippen LogP contribution is -2.32. The van der Waals surface area contributed by atoms with E-state index in [0.29, 0.717) is 0 Å². The maximum Gasteiger partial charge on any atom is 0.123 e. The molecule has 0 radical (unpaired) electrons. The molecule has 1 aromatic carbocycles. The van der Waals surface area contributed by atoms with E-state index in [-0.39, 0.29) is 0 Å². The fourth-order valence-electron chi connectivity index (χ4n) is 2.88. The number of rotatable bonds is 6. The third kappa shape index (κ3) is 4.22. The minimum Gasteiger partial charge on any atom is -0.496 e. The van der Waals surface area contributed by atoms with Gasteiger partial charge in [0.15, 0.2) is 0 Å². The Bertz CT molecular complexity index is 411. The van der Waals surface area contributed by atoms with Crippen molar-refractivity contribution < 1.29 is 4.74 Å². The fraction of sp³-hybridized carbons (Fsp3) is 0.647. The minimum absolute atomic E-state index is 0.755. The molecular formula is C17H28N2O. The average Bonchev–Trinajstić information content (AvgIpc) is 2.48. The summed E-state index contributed by atoms with van der Waals surface area (Å²) in [7, 11) is 1.76. The van der Waals surface area contributed by atoms with Crippen LogP contribution in [0.15, 0.2) is 18.2 Å². The normalized spacial score (nSPS) is 17.4. The molecule has 0 unspecified atom stereocenters. The van der Waals surface area contributed by atoms with Crippen LogP contribution in [0, 0.1) is 5.92 Å². The largest absolute Gasteiger partial charge is 0.496 e. The number of nitrogens with zero attached hydrogens (tertiary/aromatic N) is 1. The Balaban J connectivity index is 2.03. The van der Waals surface area contributed by atoms with Crippen molar-refractivity contribution in [1.29, 1.82) is 0 Å². The summed E-state index contributed by atoms with van der Waals surface area (Å²) in [5.41, 5.74) is 8.29. The first-order valence-electron chi connectivity index (χ1n) is 7.81. The molecule has 1 aliphatic heterocycles. The van der Waals surface area contributed by atoms with Crippen molar-refractivity contribution >= 4 is 0 Å². The van der Waals surface area contributed by atoms with Crippen LogP contribution in [0.3, 0.4) is 0 Å². The Labute approximate surface area is 123 Å². The summed E-state index contributed by atoms with van der Waals surface area (Å²) in [4.78, 5) is 2.55. The molecule has 1 saturated heterocycles. The van der Waals surface area contributed by atoms with E-state index in [1.165, 1.54) is 37.1 Å². The number of hydrogen-bond acceptors (Lipinski definition) is 3. The number of aryl methyl sites for hydroxylation is 1. The molecule has 20 heavy (non-hydrogen) atoms. The third-order valence-corrected chi connectivity index (χ3v) is 4.28. The predicted molar refractivity (Wildman–Crippen MR) is 84.0 cm³/mol. The lowest BCUT2D eigenvalue weighted by molar-refractivity contribution is 0.183. The molecule has 2 rings (SSSR count). The van der Waals surface area contributed by atoms with Gasteiger partial charge in [-0.15, -0.1) is 0 Å². The SMILES string of the molecule is COc1ccc(CCCN)cc1CN1CCC(C)CC1. The van der Waals surface area contributed by atoms with Gasteiger partial charge in [0.25, 0.3) is 0 Å². The van der Waals surface area contributed by atoms with E-state index in [0.717, 1.165) is 37.6 Å². The zero-order chi connectivity index (χ0) is 14.4. The highest BCUT2D eigenvalue weighted by molar-refractivity contribution is 5.37. The number of piperidine rings is 1. The Kier molecular flexibility index (Phi) is 5.86. The van der Waals surface area contributed by atoms with Gasteiger partial charge in [0.1, 0.15) is 5.75 Å². The zero-order valence-corrected chi connectivity index (χ0v) is 12.9. The summed E-state index contributed by atoms with van der Waals surface area (Å²) < 4.78 is 5.52. The van der Waals surface area contributed by atoms with Gasteiger partial charge in [0.05, 0.1) is 7.11 Å². The van der Waals surface area contributed by atoms with Crippen LogP contribution in [0.2, 0.25) is 0 Å². The van der Waals surface area contributed by atoms with Gasteiger partial charge in [-0.25, -0.2) is 0 Å². The van der Waals surface area contributed by atoms with Crippen LogP contribution in [0.5, 0.6) is 5.75 Å². The number of hydrogen-bond donors (Lipinski definition) is 1. The van der Waals surface area contributed by atoms with Crippen molar-refractivity contribution in [2.75, 3.05) is 26.7 Å². The summed E-state index contributed by atoms with van der Waals surface area (Å²) in [6.07, 6.45) is 4.74. The second-order valence-electron chi connectivity index (χ2n) is 6.00. The lowest BCUT2D eigenvalue weighted by Gasteiger charge is -2.30. The monoisotopic (exact) mass is 276 g/mol. The highest BCUT2D eigenvalue weighted by atomic mass is 16.5. The molecule has 1 heterocycles. The van der Waals surface area contributed by atoms with E-state index in [9.17, 15) is 0 Å². The fourth-order valence-corrected chi connectivity index (χ4v) is 2.88. The molecular weight excluding hydrogens is 248 g/mol. The van der Waals surface area contributed by atoms with E-state index >= 15 is 0 Å². The smallest absolute Gasteiger partial charge is 0.123 e. The van der Waals surface area contributed by atoms with Gasteiger partial charge in [0, 0.05) is 12.1 Å². The number of benzene rings is 1. The van der Waals surface area contributed by atoms with E-state index in [1.807, 2.05) is 0 Å². The molecule has 1 fully saturated rings. The molecule has 2 N–H and O–H groups in total. The van der Waals surface area contributed by atoms with Gasteiger partial charge in [-0.3, -0.25) is 4.90 Å². The van der Waals surface area contributed by atoms with Crippen LogP contribution in [0.1, 0.15) is 37.3 Å². The summed E-state index contributed by atoms with van der Waals surface area (Å²) in [6.45, 7) is 6.53. The lowest BCUT2D eigenvalue weighted by atomic mass is 9.98. The summed E-state index contributed by atoms with van der Waals surface area (Å²) >= 11 is 0. The molecule has 0 aromatic heterocycles.